The maximum Gasteiger partial charge on any atom is 0.295 e. The predicted octanol–water partition coefficient (Wildman–Crippen LogP) is 5.88. The summed E-state index contributed by atoms with van der Waals surface area (Å²) in [5.74, 6) is -0.945. The van der Waals surface area contributed by atoms with E-state index >= 15 is 0 Å². The van der Waals surface area contributed by atoms with Gasteiger partial charge in [0.15, 0.2) is 0 Å². The zero-order valence-electron chi connectivity index (χ0n) is 19.9. The summed E-state index contributed by atoms with van der Waals surface area (Å²) in [5.41, 5.74) is 3.09. The maximum absolute atomic E-state index is 13.3. The van der Waals surface area contributed by atoms with E-state index in [1.54, 1.807) is 42.7 Å². The summed E-state index contributed by atoms with van der Waals surface area (Å²) >= 11 is 6.21. The molecule has 180 valence electrons. The van der Waals surface area contributed by atoms with Crippen LogP contribution >= 0.6 is 11.6 Å². The monoisotopic (exact) mass is 490 g/mol. The first kappa shape index (κ1) is 24.5. The van der Waals surface area contributed by atoms with Gasteiger partial charge in [0.1, 0.15) is 11.5 Å². The molecule has 1 fully saturated rings. The first-order valence-electron chi connectivity index (χ1n) is 11.5. The number of aliphatic hydroxyl groups excluding tert-OH is 1. The number of likely N-dealkylation sites (tertiary alicyclic amines) is 1. The summed E-state index contributed by atoms with van der Waals surface area (Å²) in [6, 6.07) is 15.4. The number of aromatic nitrogens is 1. The minimum atomic E-state index is -0.754. The molecule has 2 heterocycles. The van der Waals surface area contributed by atoms with Gasteiger partial charge in [-0.2, -0.15) is 0 Å². The lowest BCUT2D eigenvalue weighted by Gasteiger charge is -2.26. The Kier molecular flexibility index (Phi) is 7.22. The maximum atomic E-state index is 13.3. The van der Waals surface area contributed by atoms with Crippen LogP contribution in [0, 0.1) is 0 Å². The van der Waals surface area contributed by atoms with Crippen LogP contribution in [0.4, 0.5) is 0 Å². The number of pyridine rings is 1. The number of aliphatic hydroxyl groups is 1. The molecule has 0 radical (unpaired) electrons. The first-order valence-corrected chi connectivity index (χ1v) is 11.9. The van der Waals surface area contributed by atoms with Gasteiger partial charge in [0.05, 0.1) is 23.2 Å². The number of ether oxygens (including phenoxy) is 1. The molecular formula is C28H27ClN2O4. The van der Waals surface area contributed by atoms with Gasteiger partial charge in [0.2, 0.25) is 0 Å². The van der Waals surface area contributed by atoms with Crippen LogP contribution in [0.3, 0.4) is 0 Å². The van der Waals surface area contributed by atoms with Crippen molar-refractivity contribution in [2.24, 2.45) is 0 Å². The van der Waals surface area contributed by atoms with Crippen molar-refractivity contribution < 1.29 is 19.4 Å². The summed E-state index contributed by atoms with van der Waals surface area (Å²) in [4.78, 5) is 32.0. The quantitative estimate of drug-likeness (QED) is 0.254. The molecular weight excluding hydrogens is 464 g/mol. The second-order valence-electron chi connectivity index (χ2n) is 8.68. The Bertz CT molecular complexity index is 1270. The number of hydrogen-bond acceptors (Lipinski definition) is 5. The van der Waals surface area contributed by atoms with Crippen LogP contribution in [0.1, 0.15) is 55.0 Å². The van der Waals surface area contributed by atoms with Crippen LogP contribution in [0.25, 0.3) is 5.76 Å². The van der Waals surface area contributed by atoms with Crippen molar-refractivity contribution in [3.8, 4) is 5.75 Å². The summed E-state index contributed by atoms with van der Waals surface area (Å²) in [6.07, 6.45) is 3.28. The van der Waals surface area contributed by atoms with Gasteiger partial charge in [-0.3, -0.25) is 14.6 Å². The Labute approximate surface area is 209 Å². The van der Waals surface area contributed by atoms with Gasteiger partial charge in [-0.05, 0) is 59.9 Å². The molecule has 1 aliphatic rings. The normalized spacial score (nSPS) is 17.3. The molecule has 1 atom stereocenters. The molecule has 2 aromatic carbocycles. The third kappa shape index (κ3) is 4.93. The Morgan fingerprint density at radius 3 is 2.40 bits per heavy atom. The molecule has 0 saturated carbocycles. The van der Waals surface area contributed by atoms with Crippen molar-refractivity contribution in [3.05, 3.63) is 99.8 Å². The van der Waals surface area contributed by atoms with E-state index in [4.69, 9.17) is 16.3 Å². The fourth-order valence-electron chi connectivity index (χ4n) is 4.21. The first-order chi connectivity index (χ1) is 16.8. The van der Waals surface area contributed by atoms with E-state index in [9.17, 15) is 14.7 Å². The minimum absolute atomic E-state index is 0.0334. The van der Waals surface area contributed by atoms with E-state index in [0.717, 1.165) is 16.7 Å². The Hall–Kier alpha value is -3.64. The van der Waals surface area contributed by atoms with Crippen molar-refractivity contribution >= 4 is 29.1 Å². The van der Waals surface area contributed by atoms with Crippen LogP contribution in [0.15, 0.2) is 72.6 Å². The highest BCUT2D eigenvalue weighted by Crippen LogP contribution is 2.41. The molecule has 1 amide bonds. The van der Waals surface area contributed by atoms with Crippen molar-refractivity contribution in [1.29, 1.82) is 0 Å². The molecule has 0 bridgehead atoms. The molecule has 1 aromatic heterocycles. The average molecular weight is 491 g/mol. The smallest absolute Gasteiger partial charge is 0.295 e. The Morgan fingerprint density at radius 1 is 1.09 bits per heavy atom. The minimum Gasteiger partial charge on any atom is -0.507 e. The van der Waals surface area contributed by atoms with Gasteiger partial charge in [0.25, 0.3) is 11.7 Å². The molecule has 1 unspecified atom stereocenters. The SMILES string of the molecule is CCOc1cc(/C(O)=C2/C(=O)C(=O)N(Cc3ccncc3)C2c2ccc(C(C)C)cc2)ccc1Cl. The second kappa shape index (κ2) is 10.3. The number of amides is 1. The van der Waals surface area contributed by atoms with Crippen molar-refractivity contribution in [1.82, 2.24) is 9.88 Å². The molecule has 1 saturated heterocycles. The lowest BCUT2D eigenvalue weighted by atomic mass is 9.93. The van der Waals surface area contributed by atoms with Crippen LogP contribution in [0.5, 0.6) is 5.75 Å². The topological polar surface area (TPSA) is 79.7 Å². The van der Waals surface area contributed by atoms with E-state index in [1.165, 1.54) is 4.90 Å². The van der Waals surface area contributed by atoms with E-state index < -0.39 is 17.7 Å². The van der Waals surface area contributed by atoms with Gasteiger partial charge >= 0.3 is 0 Å². The third-order valence-corrected chi connectivity index (χ3v) is 6.38. The molecule has 3 aromatic rings. The molecule has 0 aliphatic carbocycles. The zero-order valence-corrected chi connectivity index (χ0v) is 20.6. The molecule has 4 rings (SSSR count). The fourth-order valence-corrected chi connectivity index (χ4v) is 4.38. The van der Waals surface area contributed by atoms with Gasteiger partial charge in [-0.25, -0.2) is 0 Å². The number of nitrogens with zero attached hydrogens (tertiary/aromatic N) is 2. The molecule has 1 N–H and O–H groups in total. The fraction of sp³-hybridized carbons (Fsp3) is 0.250. The largest absolute Gasteiger partial charge is 0.507 e. The number of Topliss-reactive ketones (excluding diaryl/α,β-unsaturated/α-hetero) is 1. The molecule has 0 spiro atoms. The molecule has 6 nitrogen and oxygen atoms in total. The van der Waals surface area contributed by atoms with Crippen LogP contribution in [0.2, 0.25) is 5.02 Å². The van der Waals surface area contributed by atoms with Gasteiger partial charge < -0.3 is 14.7 Å². The number of rotatable bonds is 7. The molecule has 7 heteroatoms. The highest BCUT2D eigenvalue weighted by atomic mass is 35.5. The Morgan fingerprint density at radius 2 is 1.77 bits per heavy atom. The van der Waals surface area contributed by atoms with Crippen LogP contribution < -0.4 is 4.74 Å². The number of halogens is 1. The van der Waals surface area contributed by atoms with Crippen LogP contribution in [-0.2, 0) is 16.1 Å². The lowest BCUT2D eigenvalue weighted by Crippen LogP contribution is -2.29. The molecule has 35 heavy (non-hydrogen) atoms. The average Bonchev–Trinajstić information content (AvgIpc) is 3.10. The lowest BCUT2D eigenvalue weighted by molar-refractivity contribution is -0.140. The number of benzene rings is 2. The van der Waals surface area contributed by atoms with E-state index in [0.29, 0.717) is 28.9 Å². The van der Waals surface area contributed by atoms with E-state index in [2.05, 4.69) is 18.8 Å². The highest BCUT2D eigenvalue weighted by molar-refractivity contribution is 6.46. The van der Waals surface area contributed by atoms with Gasteiger partial charge in [-0.15, -0.1) is 0 Å². The summed E-state index contributed by atoms with van der Waals surface area (Å²) < 4.78 is 5.55. The van der Waals surface area contributed by atoms with Crippen molar-refractivity contribution in [3.63, 3.8) is 0 Å². The standard InChI is InChI=1S/C28H27ClN2O4/c1-4-35-23-15-21(9-10-22(23)29)26(32)24-25(20-7-5-19(6-8-20)17(2)3)31(28(34)27(24)33)16-18-11-13-30-14-12-18/h5-15,17,25,32H,4,16H2,1-3H3/b26-24-. The second-order valence-corrected chi connectivity index (χ2v) is 9.09. The van der Waals surface area contributed by atoms with Gasteiger partial charge in [0, 0.05) is 24.5 Å². The van der Waals surface area contributed by atoms with E-state index in [-0.39, 0.29) is 17.9 Å². The summed E-state index contributed by atoms with van der Waals surface area (Å²) in [5, 5.41) is 11.7. The molecule has 1 aliphatic heterocycles. The zero-order chi connectivity index (χ0) is 25.1. The number of hydrogen-bond donors (Lipinski definition) is 1. The highest BCUT2D eigenvalue weighted by Gasteiger charge is 2.46. The van der Waals surface area contributed by atoms with Crippen molar-refractivity contribution in [2.45, 2.75) is 39.3 Å². The predicted molar refractivity (Wildman–Crippen MR) is 135 cm³/mol. The van der Waals surface area contributed by atoms with Gasteiger partial charge in [-0.1, -0.05) is 49.7 Å². The van der Waals surface area contributed by atoms with E-state index in [1.807, 2.05) is 31.2 Å². The van der Waals surface area contributed by atoms with Crippen LogP contribution in [-0.4, -0.2) is 33.3 Å². The third-order valence-electron chi connectivity index (χ3n) is 6.07. The number of carbonyl (C=O) groups excluding carboxylic acids is 2. The number of carbonyl (C=O) groups is 2. The Balaban J connectivity index is 1.85. The summed E-state index contributed by atoms with van der Waals surface area (Å²) in [7, 11) is 0. The summed E-state index contributed by atoms with van der Waals surface area (Å²) in [6.45, 7) is 6.62. The van der Waals surface area contributed by atoms with Crippen molar-refractivity contribution in [2.75, 3.05) is 6.61 Å². The number of ketones is 1.